The molecular weight excluding hydrogens is 470 g/mol. The van der Waals surface area contributed by atoms with Gasteiger partial charge in [-0.2, -0.15) is 8.42 Å². The number of halogens is 1. The monoisotopic (exact) mass is 485 g/mol. The van der Waals surface area contributed by atoms with E-state index in [9.17, 15) is 13.2 Å². The minimum Gasteiger partial charge on any atom is -0.497 e. The van der Waals surface area contributed by atoms with Crippen LogP contribution in [0.3, 0.4) is 0 Å². The van der Waals surface area contributed by atoms with Gasteiger partial charge in [0, 0.05) is 0 Å². The van der Waals surface area contributed by atoms with Crippen LogP contribution in [0.2, 0.25) is 5.02 Å². The van der Waals surface area contributed by atoms with Gasteiger partial charge in [0.25, 0.3) is 5.91 Å². The molecule has 1 N–H and O–H groups in total. The van der Waals surface area contributed by atoms with E-state index in [1.807, 2.05) is 0 Å². The maximum absolute atomic E-state index is 12.7. The van der Waals surface area contributed by atoms with Crippen molar-refractivity contribution >= 4 is 62.0 Å². The molecule has 1 saturated heterocycles. The third-order valence-electron chi connectivity index (χ3n) is 3.81. The molecular formula is C19H16ClNO6S3. The van der Waals surface area contributed by atoms with Gasteiger partial charge in [0.15, 0.2) is 5.75 Å². The van der Waals surface area contributed by atoms with Crippen LogP contribution in [0.15, 0.2) is 46.2 Å². The molecule has 0 saturated carbocycles. The number of methoxy groups -OCH3 is 1. The molecule has 3 rings (SSSR count). The molecule has 1 heterocycles. The second kappa shape index (κ2) is 9.25. The fourth-order valence-corrected chi connectivity index (χ4v) is 4.79. The maximum atomic E-state index is 12.7. The molecule has 1 amide bonds. The number of ether oxygens (including phenoxy) is 2. The highest BCUT2D eigenvalue weighted by Crippen LogP contribution is 2.40. The van der Waals surface area contributed by atoms with E-state index in [4.69, 9.17) is 37.5 Å². The topological polar surface area (TPSA) is 90.9 Å². The van der Waals surface area contributed by atoms with E-state index < -0.39 is 10.1 Å². The highest BCUT2D eigenvalue weighted by Gasteiger charge is 2.25. The van der Waals surface area contributed by atoms with E-state index in [-0.39, 0.29) is 33.9 Å². The first-order valence-corrected chi connectivity index (χ1v) is 11.5. The van der Waals surface area contributed by atoms with Gasteiger partial charge in [-0.1, -0.05) is 35.6 Å². The molecule has 7 nitrogen and oxygen atoms in total. The van der Waals surface area contributed by atoms with Crippen LogP contribution >= 0.6 is 35.6 Å². The molecule has 1 aliphatic heterocycles. The molecule has 30 heavy (non-hydrogen) atoms. The van der Waals surface area contributed by atoms with Crippen LogP contribution in [0.5, 0.6) is 17.2 Å². The summed E-state index contributed by atoms with van der Waals surface area (Å²) in [4.78, 5) is 12.2. The Balaban J connectivity index is 1.97. The summed E-state index contributed by atoms with van der Waals surface area (Å²) in [5, 5.41) is 2.53. The average Bonchev–Trinajstić information content (AvgIpc) is 3.01. The lowest BCUT2D eigenvalue weighted by molar-refractivity contribution is -0.115. The van der Waals surface area contributed by atoms with Crippen molar-refractivity contribution in [1.29, 1.82) is 0 Å². The quantitative estimate of drug-likeness (QED) is 0.357. The van der Waals surface area contributed by atoms with E-state index in [1.54, 1.807) is 13.0 Å². The first-order chi connectivity index (χ1) is 14.2. The van der Waals surface area contributed by atoms with E-state index in [1.165, 1.54) is 43.5 Å². The molecule has 2 aromatic rings. The zero-order chi connectivity index (χ0) is 21.9. The van der Waals surface area contributed by atoms with Crippen LogP contribution < -0.4 is 19.0 Å². The Morgan fingerprint density at radius 1 is 1.23 bits per heavy atom. The second-order valence-electron chi connectivity index (χ2n) is 5.83. The molecule has 0 aliphatic carbocycles. The minimum absolute atomic E-state index is 0.0101. The van der Waals surface area contributed by atoms with Crippen molar-refractivity contribution in [3.05, 3.63) is 51.9 Å². The van der Waals surface area contributed by atoms with Gasteiger partial charge in [0.2, 0.25) is 5.75 Å². The van der Waals surface area contributed by atoms with Crippen molar-refractivity contribution in [2.75, 3.05) is 13.7 Å². The highest BCUT2D eigenvalue weighted by molar-refractivity contribution is 8.26. The average molecular weight is 486 g/mol. The number of hydrogen-bond donors (Lipinski definition) is 1. The Morgan fingerprint density at radius 3 is 2.50 bits per heavy atom. The molecule has 0 atom stereocenters. The molecule has 0 unspecified atom stereocenters. The van der Waals surface area contributed by atoms with Gasteiger partial charge in [-0.3, -0.25) is 4.79 Å². The Morgan fingerprint density at radius 2 is 1.93 bits per heavy atom. The van der Waals surface area contributed by atoms with Crippen LogP contribution in [0, 0.1) is 0 Å². The van der Waals surface area contributed by atoms with Crippen molar-refractivity contribution in [1.82, 2.24) is 5.32 Å². The van der Waals surface area contributed by atoms with Crippen LogP contribution in [0.25, 0.3) is 6.08 Å². The molecule has 0 radical (unpaired) electrons. The smallest absolute Gasteiger partial charge is 0.339 e. The molecule has 0 spiro atoms. The summed E-state index contributed by atoms with van der Waals surface area (Å²) in [6.07, 6.45) is 1.58. The number of thiocarbonyl (C=S) groups is 1. The van der Waals surface area contributed by atoms with E-state index in [2.05, 4.69) is 5.32 Å². The Bertz CT molecular complexity index is 1130. The molecule has 1 fully saturated rings. The zero-order valence-corrected chi connectivity index (χ0v) is 19.0. The summed E-state index contributed by atoms with van der Waals surface area (Å²) >= 11 is 12.4. The van der Waals surface area contributed by atoms with Crippen LogP contribution in [-0.4, -0.2) is 32.4 Å². The lowest BCUT2D eigenvalue weighted by atomic mass is 10.2. The van der Waals surface area contributed by atoms with Gasteiger partial charge in [0.05, 0.1) is 23.6 Å². The van der Waals surface area contributed by atoms with Crippen molar-refractivity contribution < 1.29 is 26.9 Å². The zero-order valence-electron chi connectivity index (χ0n) is 15.8. The van der Waals surface area contributed by atoms with Crippen molar-refractivity contribution in [2.45, 2.75) is 11.8 Å². The summed E-state index contributed by atoms with van der Waals surface area (Å²) in [5.41, 5.74) is 0.528. The number of hydrogen-bond acceptors (Lipinski definition) is 8. The number of thioether (sulfide) groups is 1. The Hall–Kier alpha value is -2.27. The molecule has 11 heteroatoms. The van der Waals surface area contributed by atoms with Gasteiger partial charge in [0.1, 0.15) is 15.0 Å². The molecule has 0 bridgehead atoms. The number of carbonyl (C=O) groups excluding carboxylic acids is 1. The Labute approximate surface area is 188 Å². The molecule has 158 valence electrons. The van der Waals surface area contributed by atoms with Crippen LogP contribution in [0.1, 0.15) is 12.5 Å². The van der Waals surface area contributed by atoms with Gasteiger partial charge in [-0.25, -0.2) is 0 Å². The largest absolute Gasteiger partial charge is 0.497 e. The normalized spacial score (nSPS) is 15.2. The van der Waals surface area contributed by atoms with E-state index >= 15 is 0 Å². The number of benzene rings is 2. The number of amides is 1. The van der Waals surface area contributed by atoms with Crippen molar-refractivity contribution in [3.8, 4) is 17.2 Å². The van der Waals surface area contributed by atoms with Crippen molar-refractivity contribution in [2.24, 2.45) is 0 Å². The fraction of sp³-hybridized carbons (Fsp3) is 0.158. The van der Waals surface area contributed by atoms with Gasteiger partial charge < -0.3 is 19.0 Å². The van der Waals surface area contributed by atoms with Gasteiger partial charge in [-0.15, -0.1) is 0 Å². The predicted molar refractivity (Wildman–Crippen MR) is 120 cm³/mol. The lowest BCUT2D eigenvalue weighted by Crippen LogP contribution is -2.17. The summed E-state index contributed by atoms with van der Waals surface area (Å²) in [6, 6.07) is 8.75. The van der Waals surface area contributed by atoms with Gasteiger partial charge >= 0.3 is 10.1 Å². The standard InChI is InChI=1S/C19H16ClNO6S3/c1-3-26-15-9-11(10-16-18(22)21-19(28)29-16)8-14(20)17(15)27-30(23,24)13-6-4-12(25-2)5-7-13/h4-10H,3H2,1-2H3,(H,21,22,28)/b16-10+. The summed E-state index contributed by atoms with van der Waals surface area (Å²) < 4.78 is 41.6. The SMILES string of the molecule is CCOc1cc(/C=C2/SC(=S)NC2=O)cc(Cl)c1OS(=O)(=O)c1ccc(OC)cc1. The number of carbonyl (C=O) groups is 1. The molecule has 0 aromatic heterocycles. The first-order valence-electron chi connectivity index (χ1n) is 8.53. The third kappa shape index (κ3) is 5.07. The second-order valence-corrected chi connectivity index (χ2v) is 9.50. The summed E-state index contributed by atoms with van der Waals surface area (Å²) in [5.74, 6) is 0.171. The van der Waals surface area contributed by atoms with Crippen LogP contribution in [-0.2, 0) is 14.9 Å². The highest BCUT2D eigenvalue weighted by atomic mass is 35.5. The van der Waals surface area contributed by atoms with E-state index in [0.717, 1.165) is 11.8 Å². The molecule has 2 aromatic carbocycles. The first kappa shape index (κ1) is 22.4. The number of nitrogens with one attached hydrogen (secondary N) is 1. The van der Waals surface area contributed by atoms with Crippen molar-refractivity contribution in [3.63, 3.8) is 0 Å². The summed E-state index contributed by atoms with van der Waals surface area (Å²) in [6.45, 7) is 1.98. The lowest BCUT2D eigenvalue weighted by Gasteiger charge is -2.14. The fourth-order valence-electron chi connectivity index (χ4n) is 2.49. The van der Waals surface area contributed by atoms with Crippen LogP contribution in [0.4, 0.5) is 0 Å². The minimum atomic E-state index is -4.17. The van der Waals surface area contributed by atoms with E-state index in [0.29, 0.717) is 20.5 Å². The summed E-state index contributed by atoms with van der Waals surface area (Å²) in [7, 11) is -2.70. The maximum Gasteiger partial charge on any atom is 0.339 e. The predicted octanol–water partition coefficient (Wildman–Crippen LogP) is 4.00. The number of rotatable bonds is 7. The molecule has 1 aliphatic rings. The Kier molecular flexibility index (Phi) is 6.91. The van der Waals surface area contributed by atoms with Gasteiger partial charge in [-0.05, 0) is 55.0 Å². The third-order valence-corrected chi connectivity index (χ3v) is 6.49.